The van der Waals surface area contributed by atoms with Gasteiger partial charge in [-0.15, -0.1) is 0 Å². The van der Waals surface area contributed by atoms with Gasteiger partial charge in [0.25, 0.3) is 5.91 Å². The Balaban J connectivity index is 1.67. The Kier molecular flexibility index (Phi) is 5.94. The zero-order valence-corrected chi connectivity index (χ0v) is 19.5. The molecule has 164 valence electrons. The molecular weight excluding hydrogens is 422 g/mol. The lowest BCUT2D eigenvalue weighted by Crippen LogP contribution is -2.30. The zero-order chi connectivity index (χ0) is 23.0. The van der Waals surface area contributed by atoms with Crippen molar-refractivity contribution in [1.29, 1.82) is 0 Å². The molecule has 0 radical (unpaired) electrons. The standard InChI is InChI=1S/C26H26ClN3O2/c1-5-20-8-6-7-16(2)24(20)30-17(3)13-21(18(30)4)14-23-25(31)29(26(32)28-23)15-19-9-11-22(27)12-10-19/h6-14H,5,15H2,1-4H3,(H,28,32)/b23-14-. The zero-order valence-electron chi connectivity index (χ0n) is 18.7. The van der Waals surface area contributed by atoms with Crippen LogP contribution in [0.4, 0.5) is 4.79 Å². The molecule has 2 heterocycles. The quantitative estimate of drug-likeness (QED) is 0.402. The molecule has 0 aliphatic carbocycles. The number of para-hydroxylation sites is 1. The Hall–Kier alpha value is -3.31. The van der Waals surface area contributed by atoms with Crippen molar-refractivity contribution in [2.45, 2.75) is 40.7 Å². The minimum atomic E-state index is -0.419. The molecule has 5 nitrogen and oxygen atoms in total. The van der Waals surface area contributed by atoms with Crippen molar-refractivity contribution >= 4 is 29.6 Å². The van der Waals surface area contributed by atoms with Crippen LogP contribution in [-0.4, -0.2) is 21.4 Å². The van der Waals surface area contributed by atoms with Gasteiger partial charge in [0.15, 0.2) is 0 Å². The van der Waals surface area contributed by atoms with Crippen LogP contribution in [0.15, 0.2) is 54.2 Å². The summed E-state index contributed by atoms with van der Waals surface area (Å²) < 4.78 is 2.23. The van der Waals surface area contributed by atoms with E-state index in [-0.39, 0.29) is 18.1 Å². The van der Waals surface area contributed by atoms with Gasteiger partial charge in [-0.2, -0.15) is 0 Å². The second-order valence-corrected chi connectivity index (χ2v) is 8.54. The number of nitrogens with one attached hydrogen (secondary N) is 1. The van der Waals surface area contributed by atoms with Crippen LogP contribution < -0.4 is 5.32 Å². The van der Waals surface area contributed by atoms with E-state index in [0.29, 0.717) is 5.02 Å². The summed E-state index contributed by atoms with van der Waals surface area (Å²) in [5.41, 5.74) is 7.78. The Morgan fingerprint density at radius 3 is 2.44 bits per heavy atom. The van der Waals surface area contributed by atoms with Gasteiger partial charge in [-0.1, -0.05) is 48.9 Å². The van der Waals surface area contributed by atoms with Gasteiger partial charge in [-0.25, -0.2) is 4.79 Å². The molecule has 0 saturated carbocycles. The number of rotatable bonds is 5. The molecule has 4 rings (SSSR count). The van der Waals surface area contributed by atoms with Gasteiger partial charge in [0, 0.05) is 16.4 Å². The summed E-state index contributed by atoms with van der Waals surface area (Å²) in [5, 5.41) is 3.34. The molecule has 32 heavy (non-hydrogen) atoms. The van der Waals surface area contributed by atoms with Crippen LogP contribution in [0.25, 0.3) is 11.8 Å². The Morgan fingerprint density at radius 1 is 1.03 bits per heavy atom. The van der Waals surface area contributed by atoms with E-state index in [2.05, 4.69) is 54.9 Å². The third-order valence-corrected chi connectivity index (χ3v) is 6.16. The molecular formula is C26H26ClN3O2. The van der Waals surface area contributed by atoms with Gasteiger partial charge in [0.05, 0.1) is 12.2 Å². The number of imide groups is 1. The minimum absolute atomic E-state index is 0.196. The van der Waals surface area contributed by atoms with Crippen molar-refractivity contribution < 1.29 is 9.59 Å². The number of carbonyl (C=O) groups is 2. The van der Waals surface area contributed by atoms with Crippen LogP contribution in [-0.2, 0) is 17.8 Å². The molecule has 0 atom stereocenters. The first-order valence-electron chi connectivity index (χ1n) is 10.7. The fourth-order valence-electron chi connectivity index (χ4n) is 4.25. The van der Waals surface area contributed by atoms with Crippen LogP contribution >= 0.6 is 11.6 Å². The van der Waals surface area contributed by atoms with Crippen molar-refractivity contribution in [1.82, 2.24) is 14.8 Å². The van der Waals surface area contributed by atoms with Crippen molar-refractivity contribution in [3.63, 3.8) is 0 Å². The minimum Gasteiger partial charge on any atom is -0.317 e. The van der Waals surface area contributed by atoms with Crippen molar-refractivity contribution in [3.05, 3.63) is 92.9 Å². The number of urea groups is 1. The average Bonchev–Trinajstić information content (AvgIpc) is 3.19. The Morgan fingerprint density at radius 2 is 1.75 bits per heavy atom. The van der Waals surface area contributed by atoms with E-state index in [9.17, 15) is 9.59 Å². The monoisotopic (exact) mass is 447 g/mol. The lowest BCUT2D eigenvalue weighted by molar-refractivity contribution is -0.123. The highest BCUT2D eigenvalue weighted by Gasteiger charge is 2.33. The molecule has 0 spiro atoms. The first-order chi connectivity index (χ1) is 15.3. The first kappa shape index (κ1) is 21.9. The maximum absolute atomic E-state index is 13.0. The summed E-state index contributed by atoms with van der Waals surface area (Å²) in [7, 11) is 0. The van der Waals surface area contributed by atoms with Gasteiger partial charge in [-0.05, 0) is 73.7 Å². The lowest BCUT2D eigenvalue weighted by atomic mass is 10.1. The number of aromatic nitrogens is 1. The second-order valence-electron chi connectivity index (χ2n) is 8.10. The third-order valence-electron chi connectivity index (χ3n) is 5.91. The number of halogens is 1. The van der Waals surface area contributed by atoms with Crippen molar-refractivity contribution in [2.24, 2.45) is 0 Å². The summed E-state index contributed by atoms with van der Waals surface area (Å²) in [4.78, 5) is 26.7. The molecule has 3 aromatic rings. The molecule has 1 saturated heterocycles. The fraction of sp³-hybridized carbons (Fsp3) is 0.231. The topological polar surface area (TPSA) is 54.3 Å². The van der Waals surface area contributed by atoms with Gasteiger partial charge < -0.3 is 9.88 Å². The molecule has 1 N–H and O–H groups in total. The molecule has 0 bridgehead atoms. The Bertz CT molecular complexity index is 1240. The summed E-state index contributed by atoms with van der Waals surface area (Å²) in [6.07, 6.45) is 2.70. The highest BCUT2D eigenvalue weighted by atomic mass is 35.5. The van der Waals surface area contributed by atoms with E-state index in [4.69, 9.17) is 11.6 Å². The molecule has 2 aromatic carbocycles. The number of carbonyl (C=O) groups excluding carboxylic acids is 2. The van der Waals surface area contributed by atoms with Gasteiger partial charge in [0.1, 0.15) is 5.70 Å². The van der Waals surface area contributed by atoms with Crippen LogP contribution in [0, 0.1) is 20.8 Å². The highest BCUT2D eigenvalue weighted by Crippen LogP contribution is 2.28. The van der Waals surface area contributed by atoms with E-state index in [1.807, 2.05) is 19.1 Å². The number of aryl methyl sites for hydroxylation is 3. The van der Waals surface area contributed by atoms with Crippen molar-refractivity contribution in [2.75, 3.05) is 0 Å². The smallest absolute Gasteiger partial charge is 0.317 e. The summed E-state index contributed by atoms with van der Waals surface area (Å²) in [6, 6.07) is 15.1. The van der Waals surface area contributed by atoms with E-state index in [0.717, 1.165) is 28.9 Å². The predicted molar refractivity (Wildman–Crippen MR) is 128 cm³/mol. The van der Waals surface area contributed by atoms with E-state index in [1.165, 1.54) is 21.7 Å². The lowest BCUT2D eigenvalue weighted by Gasteiger charge is -2.17. The second kappa shape index (κ2) is 8.67. The highest BCUT2D eigenvalue weighted by molar-refractivity contribution is 6.30. The molecule has 0 unspecified atom stereocenters. The predicted octanol–water partition coefficient (Wildman–Crippen LogP) is 5.71. The molecule has 6 heteroatoms. The third kappa shape index (κ3) is 3.96. The van der Waals surface area contributed by atoms with Gasteiger partial charge in [0.2, 0.25) is 0 Å². The summed E-state index contributed by atoms with van der Waals surface area (Å²) in [5.74, 6) is -0.333. The molecule has 1 aliphatic heterocycles. The molecule has 1 aliphatic rings. The fourth-order valence-corrected chi connectivity index (χ4v) is 4.37. The van der Waals surface area contributed by atoms with Crippen molar-refractivity contribution in [3.8, 4) is 5.69 Å². The van der Waals surface area contributed by atoms with E-state index >= 15 is 0 Å². The first-order valence-corrected chi connectivity index (χ1v) is 11.0. The maximum atomic E-state index is 13.0. The number of hydrogen-bond acceptors (Lipinski definition) is 2. The van der Waals surface area contributed by atoms with E-state index in [1.54, 1.807) is 18.2 Å². The van der Waals surface area contributed by atoms with Crippen LogP contribution in [0.2, 0.25) is 5.02 Å². The number of nitrogens with zero attached hydrogens (tertiary/aromatic N) is 2. The molecule has 1 aromatic heterocycles. The molecule has 1 fully saturated rings. The van der Waals surface area contributed by atoms with Crippen LogP contribution in [0.3, 0.4) is 0 Å². The van der Waals surface area contributed by atoms with Crippen LogP contribution in [0.1, 0.15) is 40.6 Å². The summed E-state index contributed by atoms with van der Waals surface area (Å²) in [6.45, 7) is 8.56. The summed E-state index contributed by atoms with van der Waals surface area (Å²) >= 11 is 5.93. The SMILES string of the molecule is CCc1cccc(C)c1-n1c(C)cc(/C=C2\NC(=O)N(Cc3ccc(Cl)cc3)C2=O)c1C. The maximum Gasteiger partial charge on any atom is 0.329 e. The van der Waals surface area contributed by atoms with Gasteiger partial charge in [-0.3, -0.25) is 9.69 Å². The number of benzene rings is 2. The van der Waals surface area contributed by atoms with Gasteiger partial charge >= 0.3 is 6.03 Å². The van der Waals surface area contributed by atoms with Crippen LogP contribution in [0.5, 0.6) is 0 Å². The Labute approximate surface area is 193 Å². The average molecular weight is 448 g/mol. The number of hydrogen-bond donors (Lipinski definition) is 1. The van der Waals surface area contributed by atoms with E-state index < -0.39 is 6.03 Å². The largest absolute Gasteiger partial charge is 0.329 e. The number of amides is 3. The molecule has 3 amide bonds. The normalized spacial score (nSPS) is 15.0.